The smallest absolute Gasteiger partial charge is 0.172 e. The summed E-state index contributed by atoms with van der Waals surface area (Å²) in [6, 6.07) is 13.8. The number of Topliss-reactive ketones (excluding diaryl/α,β-unsaturated/α-hetero) is 1. The van der Waals surface area contributed by atoms with E-state index < -0.39 is 0 Å². The maximum atomic E-state index is 12.1. The Bertz CT molecular complexity index is 597. The van der Waals surface area contributed by atoms with Gasteiger partial charge >= 0.3 is 0 Å². The molecule has 3 heteroatoms. The molecule has 2 aromatic carbocycles. The Hall–Kier alpha value is -1.74. The summed E-state index contributed by atoms with van der Waals surface area (Å²) in [4.78, 5) is 12.1. The quantitative estimate of drug-likeness (QED) is 0.738. The van der Waals surface area contributed by atoms with Gasteiger partial charge in [-0.25, -0.2) is 0 Å². The average Bonchev–Trinajstić information content (AvgIpc) is 2.46. The van der Waals surface area contributed by atoms with Crippen LogP contribution in [0.15, 0.2) is 42.5 Å². The average molecular weight is 300 g/mol. The summed E-state index contributed by atoms with van der Waals surface area (Å²) >= 11 is 1.66. The SMILES string of the molecule is COc1ccc(C(=O)CSCc2cc(C)cc(C)c2)cc1. The van der Waals surface area contributed by atoms with Crippen LogP contribution in [0.5, 0.6) is 5.75 Å². The van der Waals surface area contributed by atoms with E-state index in [0.717, 1.165) is 17.1 Å². The van der Waals surface area contributed by atoms with Crippen LogP contribution >= 0.6 is 11.8 Å². The first-order chi connectivity index (χ1) is 10.1. The van der Waals surface area contributed by atoms with Gasteiger partial charge in [-0.05, 0) is 43.7 Å². The van der Waals surface area contributed by atoms with Crippen LogP contribution in [-0.2, 0) is 5.75 Å². The maximum Gasteiger partial charge on any atom is 0.172 e. The highest BCUT2D eigenvalue weighted by molar-refractivity contribution is 7.99. The number of benzene rings is 2. The van der Waals surface area contributed by atoms with E-state index in [1.54, 1.807) is 18.9 Å². The van der Waals surface area contributed by atoms with Gasteiger partial charge in [-0.15, -0.1) is 11.8 Å². The second-order valence-electron chi connectivity index (χ2n) is 5.14. The van der Waals surface area contributed by atoms with Crippen molar-refractivity contribution in [3.63, 3.8) is 0 Å². The fraction of sp³-hybridized carbons (Fsp3) is 0.278. The maximum absolute atomic E-state index is 12.1. The zero-order valence-electron chi connectivity index (χ0n) is 12.7. The largest absolute Gasteiger partial charge is 0.497 e. The molecule has 0 radical (unpaired) electrons. The Kier molecular flexibility index (Phi) is 5.45. The van der Waals surface area contributed by atoms with Gasteiger partial charge in [0.25, 0.3) is 0 Å². The monoisotopic (exact) mass is 300 g/mol. The summed E-state index contributed by atoms with van der Waals surface area (Å²) < 4.78 is 5.09. The van der Waals surface area contributed by atoms with Gasteiger partial charge in [0.1, 0.15) is 5.75 Å². The van der Waals surface area contributed by atoms with E-state index >= 15 is 0 Å². The standard InChI is InChI=1S/C18H20O2S/c1-13-8-14(2)10-15(9-13)11-21-12-18(19)16-4-6-17(20-3)7-5-16/h4-10H,11-12H2,1-3H3. The Morgan fingerprint density at radius 2 is 1.67 bits per heavy atom. The van der Waals surface area contributed by atoms with Crippen molar-refractivity contribution < 1.29 is 9.53 Å². The van der Waals surface area contributed by atoms with Crippen LogP contribution < -0.4 is 4.74 Å². The molecule has 0 bridgehead atoms. The van der Waals surface area contributed by atoms with E-state index in [2.05, 4.69) is 32.0 Å². The van der Waals surface area contributed by atoms with E-state index in [0.29, 0.717) is 5.75 Å². The van der Waals surface area contributed by atoms with Gasteiger partial charge in [0.2, 0.25) is 0 Å². The van der Waals surface area contributed by atoms with E-state index in [9.17, 15) is 4.79 Å². The number of aryl methyl sites for hydroxylation is 2. The fourth-order valence-electron chi connectivity index (χ4n) is 2.27. The van der Waals surface area contributed by atoms with E-state index in [1.807, 2.05) is 24.3 Å². The van der Waals surface area contributed by atoms with Crippen LogP contribution in [0.25, 0.3) is 0 Å². The Morgan fingerprint density at radius 1 is 1.05 bits per heavy atom. The Balaban J connectivity index is 1.88. The van der Waals surface area contributed by atoms with Crippen LogP contribution in [0.2, 0.25) is 0 Å². The van der Waals surface area contributed by atoms with Gasteiger partial charge in [0.15, 0.2) is 5.78 Å². The second kappa shape index (κ2) is 7.32. The normalized spacial score (nSPS) is 10.4. The highest BCUT2D eigenvalue weighted by atomic mass is 32.2. The first-order valence-electron chi connectivity index (χ1n) is 6.90. The molecule has 0 aliphatic heterocycles. The number of hydrogen-bond acceptors (Lipinski definition) is 3. The molecule has 110 valence electrons. The van der Waals surface area contributed by atoms with Crippen molar-refractivity contribution in [1.29, 1.82) is 0 Å². The third-order valence-corrected chi connectivity index (χ3v) is 4.20. The summed E-state index contributed by atoms with van der Waals surface area (Å²) in [5, 5.41) is 0. The summed E-state index contributed by atoms with van der Waals surface area (Å²) in [6.07, 6.45) is 0. The molecule has 0 aliphatic carbocycles. The molecular formula is C18H20O2S. The summed E-state index contributed by atoms with van der Waals surface area (Å²) in [7, 11) is 1.62. The van der Waals surface area contributed by atoms with E-state index in [-0.39, 0.29) is 5.78 Å². The molecule has 0 amide bonds. The van der Waals surface area contributed by atoms with Crippen LogP contribution in [0.4, 0.5) is 0 Å². The number of carbonyl (C=O) groups is 1. The van der Waals surface area contributed by atoms with Gasteiger partial charge in [0.05, 0.1) is 12.9 Å². The minimum absolute atomic E-state index is 0.159. The molecule has 0 spiro atoms. The van der Waals surface area contributed by atoms with Crippen molar-refractivity contribution in [1.82, 2.24) is 0 Å². The first kappa shape index (κ1) is 15.6. The molecular weight excluding hydrogens is 280 g/mol. The Morgan fingerprint density at radius 3 is 2.24 bits per heavy atom. The van der Waals surface area contributed by atoms with Crippen molar-refractivity contribution in [3.8, 4) is 5.75 Å². The molecule has 0 aromatic heterocycles. The number of ether oxygens (including phenoxy) is 1. The van der Waals surface area contributed by atoms with Crippen molar-refractivity contribution in [3.05, 3.63) is 64.7 Å². The Labute approximate surface area is 130 Å². The predicted molar refractivity (Wildman–Crippen MR) is 89.4 cm³/mol. The lowest BCUT2D eigenvalue weighted by Crippen LogP contribution is -2.02. The molecule has 0 heterocycles. The number of ketones is 1. The molecule has 0 N–H and O–H groups in total. The summed E-state index contributed by atoms with van der Waals surface area (Å²) in [5.41, 5.74) is 4.56. The van der Waals surface area contributed by atoms with E-state index in [4.69, 9.17) is 4.74 Å². The van der Waals surface area contributed by atoms with Crippen LogP contribution in [0, 0.1) is 13.8 Å². The highest BCUT2D eigenvalue weighted by Gasteiger charge is 2.06. The van der Waals surface area contributed by atoms with Crippen molar-refractivity contribution in [2.24, 2.45) is 0 Å². The van der Waals surface area contributed by atoms with Crippen molar-refractivity contribution in [2.45, 2.75) is 19.6 Å². The topological polar surface area (TPSA) is 26.3 Å². The van der Waals surface area contributed by atoms with Crippen LogP contribution in [0.1, 0.15) is 27.0 Å². The summed E-state index contributed by atoms with van der Waals surface area (Å²) in [6.45, 7) is 4.20. The number of rotatable bonds is 6. The molecule has 2 rings (SSSR count). The minimum atomic E-state index is 0.159. The predicted octanol–water partition coefficient (Wildman–Crippen LogP) is 4.43. The molecule has 0 saturated carbocycles. The van der Waals surface area contributed by atoms with Gasteiger partial charge in [-0.3, -0.25) is 4.79 Å². The number of hydrogen-bond donors (Lipinski definition) is 0. The zero-order valence-corrected chi connectivity index (χ0v) is 13.5. The lowest BCUT2D eigenvalue weighted by Gasteiger charge is -2.05. The number of thioether (sulfide) groups is 1. The zero-order chi connectivity index (χ0) is 15.2. The first-order valence-corrected chi connectivity index (χ1v) is 8.06. The third-order valence-electron chi connectivity index (χ3n) is 3.20. The number of carbonyl (C=O) groups excluding carboxylic acids is 1. The summed E-state index contributed by atoms with van der Waals surface area (Å²) in [5.74, 6) is 2.30. The second-order valence-corrected chi connectivity index (χ2v) is 6.13. The lowest BCUT2D eigenvalue weighted by molar-refractivity contribution is 0.102. The molecule has 0 saturated heterocycles. The molecule has 2 nitrogen and oxygen atoms in total. The van der Waals surface area contributed by atoms with Crippen LogP contribution in [0.3, 0.4) is 0 Å². The fourth-order valence-corrected chi connectivity index (χ4v) is 3.13. The van der Waals surface area contributed by atoms with Crippen LogP contribution in [-0.4, -0.2) is 18.6 Å². The van der Waals surface area contributed by atoms with E-state index in [1.165, 1.54) is 16.7 Å². The minimum Gasteiger partial charge on any atom is -0.497 e. The molecule has 0 fully saturated rings. The molecule has 21 heavy (non-hydrogen) atoms. The number of methoxy groups -OCH3 is 1. The van der Waals surface area contributed by atoms with Crippen molar-refractivity contribution >= 4 is 17.5 Å². The third kappa shape index (κ3) is 4.64. The van der Waals surface area contributed by atoms with Gasteiger partial charge < -0.3 is 4.74 Å². The highest BCUT2D eigenvalue weighted by Crippen LogP contribution is 2.18. The van der Waals surface area contributed by atoms with Gasteiger partial charge in [-0.2, -0.15) is 0 Å². The molecule has 0 unspecified atom stereocenters. The van der Waals surface area contributed by atoms with Crippen molar-refractivity contribution in [2.75, 3.05) is 12.9 Å². The molecule has 2 aromatic rings. The van der Waals surface area contributed by atoms with Gasteiger partial charge in [-0.1, -0.05) is 29.3 Å². The van der Waals surface area contributed by atoms with Gasteiger partial charge in [0, 0.05) is 11.3 Å². The lowest BCUT2D eigenvalue weighted by atomic mass is 10.1. The molecule has 0 aliphatic rings. The molecule has 0 atom stereocenters.